The number of nitriles is 1. The number of hydroxylamine groups is 1. The topological polar surface area (TPSA) is 104 Å². The van der Waals surface area contributed by atoms with E-state index in [-0.39, 0.29) is 12.0 Å². The van der Waals surface area contributed by atoms with Crippen LogP contribution in [0.2, 0.25) is 0 Å². The number of benzene rings is 1. The smallest absolute Gasteiger partial charge is 0.267 e. The third kappa shape index (κ3) is 3.92. The maximum atomic E-state index is 11.1. The number of aromatic nitrogens is 3. The molecule has 0 bridgehead atoms. The van der Waals surface area contributed by atoms with Crippen LogP contribution < -0.4 is 5.48 Å². The fourth-order valence-corrected chi connectivity index (χ4v) is 3.46. The van der Waals surface area contributed by atoms with Gasteiger partial charge < -0.3 is 0 Å². The summed E-state index contributed by atoms with van der Waals surface area (Å²) in [7, 11) is 0. The highest BCUT2D eigenvalue weighted by atomic mass is 16.5. The molecule has 1 aliphatic rings. The van der Waals surface area contributed by atoms with E-state index in [1.807, 2.05) is 12.1 Å². The first-order valence-corrected chi connectivity index (χ1v) is 8.89. The molecule has 1 aromatic heterocycles. The van der Waals surface area contributed by atoms with E-state index in [9.17, 15) is 10.1 Å². The van der Waals surface area contributed by atoms with Crippen LogP contribution in [-0.2, 0) is 4.79 Å². The normalized spacial score (nSPS) is 14.5. The Morgan fingerprint density at radius 1 is 1.46 bits per heavy atom. The minimum Gasteiger partial charge on any atom is -0.288 e. The average Bonchev–Trinajstić information content (AvgIpc) is 3.13. The van der Waals surface area contributed by atoms with E-state index in [4.69, 9.17) is 5.21 Å². The minimum atomic E-state index is -0.633. The van der Waals surface area contributed by atoms with Crippen molar-refractivity contribution in [3.8, 4) is 6.07 Å². The molecule has 1 unspecified atom stereocenters. The van der Waals surface area contributed by atoms with Crippen LogP contribution in [0.1, 0.15) is 48.7 Å². The summed E-state index contributed by atoms with van der Waals surface area (Å²) in [6.07, 6.45) is 7.23. The van der Waals surface area contributed by atoms with Crippen molar-refractivity contribution in [3.63, 3.8) is 0 Å². The maximum Gasteiger partial charge on any atom is 0.267 e. The highest BCUT2D eigenvalue weighted by molar-refractivity contribution is 5.90. The van der Waals surface area contributed by atoms with Crippen molar-refractivity contribution in [2.75, 3.05) is 0 Å². The van der Waals surface area contributed by atoms with Gasteiger partial charge in [-0.15, -0.1) is 5.10 Å². The Morgan fingerprint density at radius 3 is 2.93 bits per heavy atom. The van der Waals surface area contributed by atoms with Crippen LogP contribution in [0.3, 0.4) is 0 Å². The van der Waals surface area contributed by atoms with Crippen molar-refractivity contribution in [2.45, 2.75) is 26.3 Å². The van der Waals surface area contributed by atoms with Gasteiger partial charge in [0.2, 0.25) is 0 Å². The molecule has 0 spiro atoms. The van der Waals surface area contributed by atoms with E-state index in [0.717, 1.165) is 22.3 Å². The van der Waals surface area contributed by atoms with Crippen molar-refractivity contribution >= 4 is 23.6 Å². The molecule has 7 heteroatoms. The molecule has 2 N–H and O–H groups in total. The standard InChI is InChI=1S/C21H21N5O2/c1-13(2)21(26-12-18(23-25-26)5-7-20(27)24-28)17-8-14(3)19-6-4-15(11-22)9-16(19)10-17/h4-7,9-10,12-13,21,28H,3,8H2,1-2H3,(H,24,27). The van der Waals surface area contributed by atoms with Crippen LogP contribution in [0.15, 0.2) is 42.6 Å². The Labute approximate surface area is 163 Å². The van der Waals surface area contributed by atoms with E-state index in [1.54, 1.807) is 16.9 Å². The molecule has 0 saturated heterocycles. The number of hydrogen-bond acceptors (Lipinski definition) is 5. The third-order valence-electron chi connectivity index (χ3n) is 4.66. The highest BCUT2D eigenvalue weighted by Crippen LogP contribution is 2.39. The van der Waals surface area contributed by atoms with Crippen molar-refractivity contribution in [1.29, 1.82) is 5.26 Å². The Balaban J connectivity index is 1.97. The Morgan fingerprint density at radius 2 is 2.25 bits per heavy atom. The van der Waals surface area contributed by atoms with Crippen LogP contribution >= 0.6 is 0 Å². The lowest BCUT2D eigenvalue weighted by molar-refractivity contribution is -0.124. The quantitative estimate of drug-likeness (QED) is 0.474. The molecular formula is C21H21N5O2. The summed E-state index contributed by atoms with van der Waals surface area (Å²) in [4.78, 5) is 11.1. The van der Waals surface area contributed by atoms with E-state index in [0.29, 0.717) is 17.7 Å². The Hall–Kier alpha value is -3.50. The first-order valence-electron chi connectivity index (χ1n) is 8.89. The number of fused-ring (bicyclic) bond motifs is 1. The molecule has 1 aliphatic carbocycles. The van der Waals surface area contributed by atoms with Crippen molar-refractivity contribution in [2.24, 2.45) is 5.92 Å². The largest absolute Gasteiger partial charge is 0.288 e. The third-order valence-corrected chi connectivity index (χ3v) is 4.66. The van der Waals surface area contributed by atoms with E-state index < -0.39 is 5.91 Å². The minimum absolute atomic E-state index is 0.0445. The number of nitrogens with zero attached hydrogens (tertiary/aromatic N) is 4. The van der Waals surface area contributed by atoms with Gasteiger partial charge in [0.25, 0.3) is 5.91 Å². The summed E-state index contributed by atoms with van der Waals surface area (Å²) < 4.78 is 1.78. The van der Waals surface area contributed by atoms with Crippen LogP contribution in [0.25, 0.3) is 17.7 Å². The van der Waals surface area contributed by atoms with Gasteiger partial charge in [0.05, 0.1) is 23.9 Å². The lowest BCUT2D eigenvalue weighted by Gasteiger charge is -2.28. The molecule has 0 radical (unpaired) electrons. The van der Waals surface area contributed by atoms with E-state index in [2.05, 4.69) is 42.9 Å². The Kier molecular flexibility index (Phi) is 5.52. The van der Waals surface area contributed by atoms with E-state index >= 15 is 0 Å². The summed E-state index contributed by atoms with van der Waals surface area (Å²) >= 11 is 0. The number of amides is 1. The summed E-state index contributed by atoms with van der Waals surface area (Å²) in [5, 5.41) is 26.1. The second kappa shape index (κ2) is 8.03. The zero-order chi connectivity index (χ0) is 20.3. The van der Waals surface area contributed by atoms with Gasteiger partial charge in [-0.1, -0.05) is 37.8 Å². The molecule has 7 nitrogen and oxygen atoms in total. The molecular weight excluding hydrogens is 354 g/mol. The van der Waals surface area contributed by atoms with Gasteiger partial charge in [0.1, 0.15) is 5.69 Å². The number of hydrogen-bond donors (Lipinski definition) is 2. The van der Waals surface area contributed by atoms with Crippen molar-refractivity contribution in [3.05, 3.63) is 65.0 Å². The van der Waals surface area contributed by atoms with Gasteiger partial charge in [-0.2, -0.15) is 5.26 Å². The van der Waals surface area contributed by atoms with Crippen LogP contribution in [0.4, 0.5) is 0 Å². The summed E-state index contributed by atoms with van der Waals surface area (Å²) in [6.45, 7) is 8.42. The second-order valence-electron chi connectivity index (χ2n) is 7.04. The summed E-state index contributed by atoms with van der Waals surface area (Å²) in [5.41, 5.74) is 6.84. The lowest BCUT2D eigenvalue weighted by Crippen LogP contribution is -2.20. The molecule has 1 heterocycles. The number of carbonyl (C=O) groups excluding carboxylic acids is 1. The molecule has 0 aliphatic heterocycles. The van der Waals surface area contributed by atoms with Gasteiger partial charge in [0, 0.05) is 6.08 Å². The van der Waals surface area contributed by atoms with Crippen molar-refractivity contribution in [1.82, 2.24) is 20.5 Å². The van der Waals surface area contributed by atoms with Crippen molar-refractivity contribution < 1.29 is 10.0 Å². The lowest BCUT2D eigenvalue weighted by atomic mass is 9.82. The monoisotopic (exact) mass is 375 g/mol. The van der Waals surface area contributed by atoms with Gasteiger partial charge in [0.15, 0.2) is 0 Å². The maximum absolute atomic E-state index is 11.1. The Bertz CT molecular complexity index is 1020. The SMILES string of the molecule is C=C1CC(C(C(C)C)n2cc(C=CC(=O)NO)nn2)=Cc2cc(C#N)ccc21. The summed E-state index contributed by atoms with van der Waals surface area (Å²) in [6, 6.07) is 7.76. The van der Waals surface area contributed by atoms with Gasteiger partial charge in [-0.3, -0.25) is 10.0 Å². The molecule has 28 heavy (non-hydrogen) atoms. The van der Waals surface area contributed by atoms with Gasteiger partial charge in [-0.25, -0.2) is 10.2 Å². The zero-order valence-corrected chi connectivity index (χ0v) is 15.8. The van der Waals surface area contributed by atoms with Crippen LogP contribution in [-0.4, -0.2) is 26.1 Å². The van der Waals surface area contributed by atoms with Crippen LogP contribution in [0, 0.1) is 17.2 Å². The molecule has 1 aromatic carbocycles. The highest BCUT2D eigenvalue weighted by Gasteiger charge is 2.26. The molecule has 2 aromatic rings. The first-order chi connectivity index (χ1) is 13.4. The number of carbonyl (C=O) groups is 1. The summed E-state index contributed by atoms with van der Waals surface area (Å²) in [5.74, 6) is -0.398. The molecule has 1 atom stereocenters. The predicted molar refractivity (Wildman–Crippen MR) is 106 cm³/mol. The van der Waals surface area contributed by atoms with Crippen LogP contribution in [0.5, 0.6) is 0 Å². The second-order valence-corrected chi connectivity index (χ2v) is 7.04. The van der Waals surface area contributed by atoms with E-state index in [1.165, 1.54) is 17.6 Å². The molecule has 142 valence electrons. The van der Waals surface area contributed by atoms with Gasteiger partial charge in [-0.05, 0) is 52.8 Å². The zero-order valence-electron chi connectivity index (χ0n) is 15.8. The fraction of sp³-hybridized carbons (Fsp3) is 0.238. The van der Waals surface area contributed by atoms with Gasteiger partial charge >= 0.3 is 0 Å². The number of rotatable bonds is 5. The number of nitrogens with one attached hydrogen (secondary N) is 1. The molecule has 0 fully saturated rings. The molecule has 0 saturated carbocycles. The fourth-order valence-electron chi connectivity index (χ4n) is 3.46. The number of allylic oxidation sites excluding steroid dienone is 2. The molecule has 1 amide bonds. The predicted octanol–water partition coefficient (Wildman–Crippen LogP) is 3.37. The molecule has 3 rings (SSSR count). The first kappa shape index (κ1) is 19.3. The average molecular weight is 375 g/mol.